The van der Waals surface area contributed by atoms with Crippen LogP contribution in [0, 0.1) is 18.3 Å². The van der Waals surface area contributed by atoms with Crippen LogP contribution in [-0.2, 0) is 11.2 Å². The summed E-state index contributed by atoms with van der Waals surface area (Å²) in [5.74, 6) is -0.109. The van der Waals surface area contributed by atoms with Crippen LogP contribution in [0.3, 0.4) is 0 Å². The number of nitrogens with zero attached hydrogens (tertiary/aromatic N) is 2. The summed E-state index contributed by atoms with van der Waals surface area (Å²) in [7, 11) is 0. The van der Waals surface area contributed by atoms with Crippen molar-refractivity contribution in [2.24, 2.45) is 0 Å². The fourth-order valence-corrected chi connectivity index (χ4v) is 3.92. The van der Waals surface area contributed by atoms with Gasteiger partial charge in [0.05, 0.1) is 36.2 Å². The molecule has 0 spiro atoms. The van der Waals surface area contributed by atoms with Crippen LogP contribution in [0.25, 0.3) is 22.2 Å². The maximum absolute atomic E-state index is 13.1. The number of hydrogen-bond acceptors (Lipinski definition) is 3. The van der Waals surface area contributed by atoms with Gasteiger partial charge < -0.3 is 5.32 Å². The molecule has 0 bridgehead atoms. The molecule has 4 heteroatoms. The summed E-state index contributed by atoms with van der Waals surface area (Å²) in [5, 5.41) is 13.3. The number of nitriles is 1. The average Bonchev–Trinajstić information content (AvgIpc) is 2.81. The van der Waals surface area contributed by atoms with Crippen molar-refractivity contribution in [2.75, 3.05) is 0 Å². The van der Waals surface area contributed by atoms with Gasteiger partial charge in [-0.05, 0) is 29.7 Å². The van der Waals surface area contributed by atoms with Gasteiger partial charge in [0.1, 0.15) is 0 Å². The highest BCUT2D eigenvalue weighted by Crippen LogP contribution is 2.30. The SMILES string of the molecule is Cc1c(-c2ccccc2)nc2ccccc2c1CC(=O)N[C@@H](CC#N)c1ccccc1. The summed E-state index contributed by atoms with van der Waals surface area (Å²) in [4.78, 5) is 17.9. The van der Waals surface area contributed by atoms with Crippen molar-refractivity contribution in [2.45, 2.75) is 25.8 Å². The van der Waals surface area contributed by atoms with E-state index in [0.29, 0.717) is 0 Å². The molecule has 4 rings (SSSR count). The third-order valence-corrected chi connectivity index (χ3v) is 5.49. The smallest absolute Gasteiger partial charge is 0.224 e. The second-order valence-electron chi connectivity index (χ2n) is 7.52. The third-order valence-electron chi connectivity index (χ3n) is 5.49. The highest BCUT2D eigenvalue weighted by Gasteiger charge is 2.19. The topological polar surface area (TPSA) is 65.8 Å². The molecule has 0 aliphatic carbocycles. The van der Waals surface area contributed by atoms with Crippen LogP contribution in [0.5, 0.6) is 0 Å². The maximum atomic E-state index is 13.1. The largest absolute Gasteiger partial charge is 0.348 e. The molecule has 3 aromatic carbocycles. The van der Waals surface area contributed by atoms with Crippen LogP contribution >= 0.6 is 0 Å². The first kappa shape index (κ1) is 20.3. The van der Waals surface area contributed by atoms with Gasteiger partial charge in [0.25, 0.3) is 0 Å². The summed E-state index contributed by atoms with van der Waals surface area (Å²) >= 11 is 0. The van der Waals surface area contributed by atoms with E-state index >= 15 is 0 Å². The van der Waals surface area contributed by atoms with Crippen molar-refractivity contribution in [3.63, 3.8) is 0 Å². The minimum atomic E-state index is -0.333. The van der Waals surface area contributed by atoms with Crippen LogP contribution in [0.15, 0.2) is 84.9 Å². The predicted octanol–water partition coefficient (Wildman–Crippen LogP) is 5.52. The quantitative estimate of drug-likeness (QED) is 0.459. The lowest BCUT2D eigenvalue weighted by atomic mass is 9.95. The summed E-state index contributed by atoms with van der Waals surface area (Å²) < 4.78 is 0. The molecule has 31 heavy (non-hydrogen) atoms. The number of rotatable bonds is 6. The van der Waals surface area contributed by atoms with Gasteiger partial charge in [-0.15, -0.1) is 0 Å². The first-order valence-electron chi connectivity index (χ1n) is 10.3. The van der Waals surface area contributed by atoms with Gasteiger partial charge in [-0.2, -0.15) is 5.26 Å². The molecule has 0 aliphatic rings. The number of hydrogen-bond donors (Lipinski definition) is 1. The molecule has 0 radical (unpaired) electrons. The summed E-state index contributed by atoms with van der Waals surface area (Å²) in [6, 6.07) is 29.4. The number of amides is 1. The Bertz CT molecular complexity index is 1240. The van der Waals surface area contributed by atoms with E-state index in [2.05, 4.69) is 11.4 Å². The highest BCUT2D eigenvalue weighted by molar-refractivity contribution is 5.92. The Balaban J connectivity index is 1.70. The van der Waals surface area contributed by atoms with E-state index in [-0.39, 0.29) is 24.8 Å². The van der Waals surface area contributed by atoms with Crippen molar-refractivity contribution >= 4 is 16.8 Å². The Labute approximate surface area is 182 Å². The zero-order chi connectivity index (χ0) is 21.6. The number of benzene rings is 3. The van der Waals surface area contributed by atoms with Gasteiger partial charge in [-0.3, -0.25) is 4.79 Å². The lowest BCUT2D eigenvalue weighted by molar-refractivity contribution is -0.121. The predicted molar refractivity (Wildman–Crippen MR) is 123 cm³/mol. The molecule has 1 amide bonds. The normalized spacial score (nSPS) is 11.6. The van der Waals surface area contributed by atoms with E-state index in [1.165, 1.54) is 0 Å². The number of carbonyl (C=O) groups is 1. The Hall–Kier alpha value is -3.97. The Kier molecular flexibility index (Phi) is 6.05. The molecule has 0 saturated carbocycles. The van der Waals surface area contributed by atoms with Crippen LogP contribution in [0.2, 0.25) is 0 Å². The Morgan fingerprint density at radius 3 is 2.32 bits per heavy atom. The van der Waals surface area contributed by atoms with E-state index in [9.17, 15) is 10.1 Å². The first-order valence-corrected chi connectivity index (χ1v) is 10.3. The number of pyridine rings is 1. The Morgan fingerprint density at radius 2 is 1.61 bits per heavy atom. The molecule has 0 aliphatic heterocycles. The minimum absolute atomic E-state index is 0.109. The standard InChI is InChI=1S/C27H23N3O/c1-19-23(18-26(31)29-24(16-17-28)20-10-4-2-5-11-20)22-14-8-9-15-25(22)30-27(19)21-12-6-3-7-13-21/h2-15,24H,16,18H2,1H3,(H,29,31)/t24-/m0/s1. The lowest BCUT2D eigenvalue weighted by Gasteiger charge is -2.18. The van der Waals surface area contributed by atoms with E-state index in [1.807, 2.05) is 91.9 Å². The molecule has 1 N–H and O–H groups in total. The van der Waals surface area contributed by atoms with Crippen molar-refractivity contribution in [1.82, 2.24) is 10.3 Å². The number of fused-ring (bicyclic) bond motifs is 1. The van der Waals surface area contributed by atoms with Gasteiger partial charge in [0.2, 0.25) is 5.91 Å². The van der Waals surface area contributed by atoms with Gasteiger partial charge in [-0.1, -0.05) is 78.9 Å². The fraction of sp³-hybridized carbons (Fsp3) is 0.148. The molecule has 1 heterocycles. The average molecular weight is 406 g/mol. The van der Waals surface area contributed by atoms with E-state index < -0.39 is 0 Å². The number of para-hydroxylation sites is 1. The zero-order valence-electron chi connectivity index (χ0n) is 17.4. The van der Waals surface area contributed by atoms with Gasteiger partial charge in [-0.25, -0.2) is 4.98 Å². The van der Waals surface area contributed by atoms with Gasteiger partial charge in [0, 0.05) is 10.9 Å². The van der Waals surface area contributed by atoms with Crippen molar-refractivity contribution in [1.29, 1.82) is 5.26 Å². The van der Waals surface area contributed by atoms with Crippen LogP contribution in [-0.4, -0.2) is 10.9 Å². The molecular formula is C27H23N3O. The summed E-state index contributed by atoms with van der Waals surface area (Å²) in [6.45, 7) is 2.02. The molecule has 1 atom stereocenters. The van der Waals surface area contributed by atoms with Crippen LogP contribution in [0.1, 0.15) is 29.2 Å². The zero-order valence-corrected chi connectivity index (χ0v) is 17.4. The minimum Gasteiger partial charge on any atom is -0.348 e. The van der Waals surface area contributed by atoms with E-state index in [4.69, 9.17) is 4.98 Å². The molecule has 4 aromatic rings. The van der Waals surface area contributed by atoms with Crippen molar-refractivity contribution < 1.29 is 4.79 Å². The Morgan fingerprint density at radius 1 is 0.968 bits per heavy atom. The third kappa shape index (κ3) is 4.46. The second-order valence-corrected chi connectivity index (χ2v) is 7.52. The first-order chi connectivity index (χ1) is 15.2. The summed E-state index contributed by atoms with van der Waals surface area (Å²) in [5.41, 5.74) is 5.67. The molecule has 4 nitrogen and oxygen atoms in total. The number of nitrogens with one attached hydrogen (secondary N) is 1. The van der Waals surface area contributed by atoms with Gasteiger partial charge >= 0.3 is 0 Å². The second kappa shape index (κ2) is 9.23. The van der Waals surface area contributed by atoms with Crippen molar-refractivity contribution in [3.8, 4) is 17.3 Å². The monoisotopic (exact) mass is 405 g/mol. The fourth-order valence-electron chi connectivity index (χ4n) is 3.92. The lowest BCUT2D eigenvalue weighted by Crippen LogP contribution is -2.30. The van der Waals surface area contributed by atoms with Gasteiger partial charge in [0.15, 0.2) is 0 Å². The molecule has 152 valence electrons. The van der Waals surface area contributed by atoms with Crippen LogP contribution < -0.4 is 5.32 Å². The highest BCUT2D eigenvalue weighted by atomic mass is 16.1. The molecule has 1 aromatic heterocycles. The molecule has 0 unspecified atom stereocenters. The number of aromatic nitrogens is 1. The van der Waals surface area contributed by atoms with Crippen molar-refractivity contribution in [3.05, 3.63) is 102 Å². The molecular weight excluding hydrogens is 382 g/mol. The van der Waals surface area contributed by atoms with E-state index in [0.717, 1.165) is 38.9 Å². The number of carbonyl (C=O) groups excluding carboxylic acids is 1. The molecule has 0 saturated heterocycles. The molecule has 0 fully saturated rings. The maximum Gasteiger partial charge on any atom is 0.224 e. The van der Waals surface area contributed by atoms with Crippen LogP contribution in [0.4, 0.5) is 0 Å². The van der Waals surface area contributed by atoms with E-state index in [1.54, 1.807) is 0 Å². The summed E-state index contributed by atoms with van der Waals surface area (Å²) in [6.07, 6.45) is 0.449.